The van der Waals surface area contributed by atoms with Crippen molar-refractivity contribution in [3.05, 3.63) is 40.8 Å². The second-order valence-electron chi connectivity index (χ2n) is 7.83. The molecule has 0 atom stereocenters. The van der Waals surface area contributed by atoms with Crippen molar-refractivity contribution < 1.29 is 18.7 Å². The first-order chi connectivity index (χ1) is 13.7. The Labute approximate surface area is 178 Å². The van der Waals surface area contributed by atoms with E-state index in [2.05, 4.69) is 25.8 Å². The predicted molar refractivity (Wildman–Crippen MR) is 114 cm³/mol. The molecule has 6 nitrogen and oxygen atoms in total. The molecule has 0 spiro atoms. The summed E-state index contributed by atoms with van der Waals surface area (Å²) in [5, 5.41) is 0. The number of piperazine rings is 1. The zero-order valence-corrected chi connectivity index (χ0v) is 18.6. The molecule has 1 fully saturated rings. The van der Waals surface area contributed by atoms with Crippen LogP contribution in [0.2, 0.25) is 0 Å². The lowest BCUT2D eigenvalue weighted by molar-refractivity contribution is 0.0240. The van der Waals surface area contributed by atoms with E-state index in [4.69, 9.17) is 9.47 Å². The molecule has 156 valence electrons. The lowest BCUT2D eigenvalue weighted by Gasteiger charge is -2.36. The third-order valence-corrected chi connectivity index (χ3v) is 5.11. The highest BCUT2D eigenvalue weighted by atomic mass is 79.9. The van der Waals surface area contributed by atoms with Crippen LogP contribution in [0.1, 0.15) is 20.8 Å². The number of pyridine rings is 1. The van der Waals surface area contributed by atoms with Crippen molar-refractivity contribution in [3.8, 4) is 16.9 Å². The average Bonchev–Trinajstić information content (AvgIpc) is 2.66. The van der Waals surface area contributed by atoms with E-state index in [0.717, 1.165) is 11.4 Å². The Bertz CT molecular complexity index is 893. The summed E-state index contributed by atoms with van der Waals surface area (Å²) in [6.45, 7) is 7.95. The molecule has 2 heterocycles. The molecular weight excluding hydrogens is 441 g/mol. The summed E-state index contributed by atoms with van der Waals surface area (Å²) < 4.78 is 25.4. The van der Waals surface area contributed by atoms with Crippen molar-refractivity contribution in [1.29, 1.82) is 0 Å². The molecule has 3 rings (SSSR count). The molecular formula is C21H25BrFN3O3. The van der Waals surface area contributed by atoms with Crippen LogP contribution in [0.15, 0.2) is 34.9 Å². The van der Waals surface area contributed by atoms with Gasteiger partial charge in [-0.2, -0.15) is 0 Å². The average molecular weight is 466 g/mol. The maximum absolute atomic E-state index is 14.0. The van der Waals surface area contributed by atoms with Crippen LogP contribution in [0.5, 0.6) is 5.75 Å². The fraction of sp³-hybridized carbons (Fsp3) is 0.429. The molecule has 2 aromatic rings. The van der Waals surface area contributed by atoms with Gasteiger partial charge in [0, 0.05) is 37.9 Å². The van der Waals surface area contributed by atoms with Crippen LogP contribution in [0, 0.1) is 5.82 Å². The van der Waals surface area contributed by atoms with E-state index in [1.165, 1.54) is 12.1 Å². The number of anilines is 1. The number of rotatable bonds is 3. The molecule has 29 heavy (non-hydrogen) atoms. The van der Waals surface area contributed by atoms with Crippen LogP contribution < -0.4 is 9.64 Å². The Morgan fingerprint density at radius 3 is 2.48 bits per heavy atom. The van der Waals surface area contributed by atoms with Crippen LogP contribution in [0.4, 0.5) is 15.0 Å². The van der Waals surface area contributed by atoms with Gasteiger partial charge in [-0.15, -0.1) is 0 Å². The standard InChI is InChI=1S/C21H25BrFN3O3/c1-21(2,3)29-20(27)26-9-7-25(8-10-26)18-11-14(5-6-24-18)16-12-15(23)13-17(22)19(16)28-4/h5-6,11-13H,7-10H2,1-4H3. The Hall–Kier alpha value is -2.35. The normalized spacial score (nSPS) is 14.7. The lowest BCUT2D eigenvalue weighted by Crippen LogP contribution is -2.50. The molecule has 8 heteroatoms. The quantitative estimate of drug-likeness (QED) is 0.656. The summed E-state index contributed by atoms with van der Waals surface area (Å²) in [4.78, 5) is 20.5. The smallest absolute Gasteiger partial charge is 0.410 e. The molecule has 1 aromatic carbocycles. The second kappa shape index (κ2) is 8.57. The Kier molecular flexibility index (Phi) is 6.31. The predicted octanol–water partition coefficient (Wildman–Crippen LogP) is 4.72. The van der Waals surface area contributed by atoms with Gasteiger partial charge in [0.15, 0.2) is 0 Å². The monoisotopic (exact) mass is 465 g/mol. The van der Waals surface area contributed by atoms with Crippen LogP contribution in [0.3, 0.4) is 0 Å². The van der Waals surface area contributed by atoms with Gasteiger partial charge in [0.2, 0.25) is 0 Å². The number of amides is 1. The first-order valence-corrected chi connectivity index (χ1v) is 10.2. The molecule has 1 aromatic heterocycles. The van der Waals surface area contributed by atoms with Crippen molar-refractivity contribution >= 4 is 27.8 Å². The molecule has 1 amide bonds. The molecule has 1 saturated heterocycles. The van der Waals surface area contributed by atoms with E-state index in [-0.39, 0.29) is 11.9 Å². The summed E-state index contributed by atoms with van der Waals surface area (Å²) >= 11 is 3.35. The molecule has 0 aliphatic carbocycles. The number of methoxy groups -OCH3 is 1. The number of benzene rings is 1. The minimum absolute atomic E-state index is 0.298. The van der Waals surface area contributed by atoms with Gasteiger partial charge in [-0.25, -0.2) is 14.2 Å². The van der Waals surface area contributed by atoms with Crippen molar-refractivity contribution in [1.82, 2.24) is 9.88 Å². The first kappa shape index (κ1) is 21.4. The van der Waals surface area contributed by atoms with Crippen LogP contribution >= 0.6 is 15.9 Å². The number of carbonyl (C=O) groups excluding carboxylic acids is 1. The number of hydrogen-bond acceptors (Lipinski definition) is 5. The van der Waals surface area contributed by atoms with Crippen LogP contribution in [-0.2, 0) is 4.74 Å². The minimum Gasteiger partial charge on any atom is -0.495 e. The largest absolute Gasteiger partial charge is 0.495 e. The number of aromatic nitrogens is 1. The molecule has 0 bridgehead atoms. The summed E-state index contributed by atoms with van der Waals surface area (Å²) in [5.74, 6) is 0.990. The number of halogens is 2. The van der Waals surface area contributed by atoms with Gasteiger partial charge in [0.25, 0.3) is 0 Å². The number of ether oxygens (including phenoxy) is 2. The minimum atomic E-state index is -0.512. The lowest BCUT2D eigenvalue weighted by atomic mass is 10.1. The van der Waals surface area contributed by atoms with E-state index in [0.29, 0.717) is 42.0 Å². The summed E-state index contributed by atoms with van der Waals surface area (Å²) in [6, 6.07) is 6.56. The molecule has 1 aliphatic rings. The Morgan fingerprint density at radius 2 is 1.86 bits per heavy atom. The van der Waals surface area contributed by atoms with Gasteiger partial charge in [-0.3, -0.25) is 0 Å². The topological polar surface area (TPSA) is 54.9 Å². The third kappa shape index (κ3) is 5.18. The zero-order chi connectivity index (χ0) is 21.2. The number of hydrogen-bond donors (Lipinski definition) is 0. The summed E-state index contributed by atoms with van der Waals surface area (Å²) in [5.41, 5.74) is 0.944. The van der Waals surface area contributed by atoms with Gasteiger partial charge in [0.1, 0.15) is 23.0 Å². The Morgan fingerprint density at radius 1 is 1.17 bits per heavy atom. The van der Waals surface area contributed by atoms with Gasteiger partial charge in [-0.1, -0.05) is 0 Å². The first-order valence-electron chi connectivity index (χ1n) is 9.40. The van der Waals surface area contributed by atoms with Crippen LogP contribution in [-0.4, -0.2) is 54.9 Å². The van der Waals surface area contributed by atoms with E-state index in [1.807, 2.05) is 32.9 Å². The SMILES string of the molecule is COc1c(Br)cc(F)cc1-c1ccnc(N2CCN(C(=O)OC(C)(C)C)CC2)c1. The van der Waals surface area contributed by atoms with Crippen molar-refractivity contribution in [2.45, 2.75) is 26.4 Å². The van der Waals surface area contributed by atoms with Gasteiger partial charge in [0.05, 0.1) is 11.6 Å². The summed E-state index contributed by atoms with van der Waals surface area (Å²) in [6.07, 6.45) is 1.40. The highest BCUT2D eigenvalue weighted by molar-refractivity contribution is 9.10. The zero-order valence-electron chi connectivity index (χ0n) is 17.0. The van der Waals surface area contributed by atoms with Gasteiger partial charge < -0.3 is 19.3 Å². The van der Waals surface area contributed by atoms with E-state index in [9.17, 15) is 9.18 Å². The fourth-order valence-electron chi connectivity index (χ4n) is 3.19. The van der Waals surface area contributed by atoms with E-state index >= 15 is 0 Å². The highest BCUT2D eigenvalue weighted by Gasteiger charge is 2.26. The fourth-order valence-corrected chi connectivity index (χ4v) is 3.78. The van der Waals surface area contributed by atoms with Gasteiger partial charge >= 0.3 is 6.09 Å². The molecule has 1 aliphatic heterocycles. The van der Waals surface area contributed by atoms with Crippen molar-refractivity contribution in [2.24, 2.45) is 0 Å². The highest BCUT2D eigenvalue weighted by Crippen LogP contribution is 2.38. The van der Waals surface area contributed by atoms with Crippen LogP contribution in [0.25, 0.3) is 11.1 Å². The summed E-state index contributed by atoms with van der Waals surface area (Å²) in [7, 11) is 1.56. The molecule has 0 N–H and O–H groups in total. The Balaban J connectivity index is 1.76. The van der Waals surface area contributed by atoms with Crippen molar-refractivity contribution in [2.75, 3.05) is 38.2 Å². The van der Waals surface area contributed by atoms with E-state index < -0.39 is 5.60 Å². The molecule has 0 saturated carbocycles. The molecule has 0 radical (unpaired) electrons. The van der Waals surface area contributed by atoms with Crippen molar-refractivity contribution in [3.63, 3.8) is 0 Å². The number of nitrogens with zero attached hydrogens (tertiary/aromatic N) is 3. The maximum Gasteiger partial charge on any atom is 0.410 e. The second-order valence-corrected chi connectivity index (χ2v) is 8.68. The van der Waals surface area contributed by atoms with E-state index in [1.54, 1.807) is 18.2 Å². The molecule has 0 unspecified atom stereocenters. The maximum atomic E-state index is 14.0. The third-order valence-electron chi connectivity index (χ3n) is 4.52. The van der Waals surface area contributed by atoms with Gasteiger partial charge in [-0.05, 0) is 66.5 Å². The number of carbonyl (C=O) groups is 1.